The summed E-state index contributed by atoms with van der Waals surface area (Å²) >= 11 is 0. The van der Waals surface area contributed by atoms with Crippen LogP contribution in [-0.2, 0) is 6.54 Å². The third-order valence-corrected chi connectivity index (χ3v) is 6.20. The number of hydrogen-bond acceptors (Lipinski definition) is 6. The maximum absolute atomic E-state index is 13.7. The third kappa shape index (κ3) is 5.02. The molecule has 4 rings (SSSR count). The van der Waals surface area contributed by atoms with E-state index in [-0.39, 0.29) is 17.2 Å². The lowest BCUT2D eigenvalue weighted by Gasteiger charge is -2.32. The molecule has 0 saturated carbocycles. The van der Waals surface area contributed by atoms with E-state index in [0.717, 1.165) is 11.1 Å². The molecule has 0 radical (unpaired) electrons. The summed E-state index contributed by atoms with van der Waals surface area (Å²) in [4.78, 5) is 33.9. The molecule has 8 nitrogen and oxygen atoms in total. The van der Waals surface area contributed by atoms with Crippen LogP contribution in [0.5, 0.6) is 0 Å². The van der Waals surface area contributed by atoms with E-state index in [2.05, 4.69) is 5.16 Å². The van der Waals surface area contributed by atoms with E-state index >= 15 is 0 Å². The van der Waals surface area contributed by atoms with Crippen LogP contribution in [0.4, 0.5) is 0 Å². The lowest BCUT2D eigenvalue weighted by Crippen LogP contribution is -2.40. The Morgan fingerprint density at radius 1 is 1.11 bits per heavy atom. The normalized spacial score (nSPS) is 12.1. The lowest BCUT2D eigenvalue weighted by molar-refractivity contribution is 0.0655. The zero-order valence-electron chi connectivity index (χ0n) is 20.4. The van der Waals surface area contributed by atoms with Gasteiger partial charge in [-0.15, -0.1) is 0 Å². The van der Waals surface area contributed by atoms with Crippen LogP contribution >= 0.6 is 0 Å². The minimum absolute atomic E-state index is 0.125. The monoisotopic (exact) mass is 473 g/mol. The maximum atomic E-state index is 13.7. The van der Waals surface area contributed by atoms with Crippen molar-refractivity contribution in [2.45, 2.75) is 46.2 Å². The van der Waals surface area contributed by atoms with Crippen LogP contribution in [0.2, 0.25) is 0 Å². The summed E-state index contributed by atoms with van der Waals surface area (Å²) in [6.07, 6.45) is 1.18. The van der Waals surface area contributed by atoms with Crippen molar-refractivity contribution in [3.8, 4) is 0 Å². The van der Waals surface area contributed by atoms with Crippen molar-refractivity contribution >= 4 is 17.0 Å². The second kappa shape index (κ2) is 10.7. The van der Waals surface area contributed by atoms with E-state index in [1.807, 2.05) is 68.4 Å². The second-order valence-corrected chi connectivity index (χ2v) is 8.73. The van der Waals surface area contributed by atoms with Crippen LogP contribution in [0.1, 0.15) is 58.8 Å². The van der Waals surface area contributed by atoms with Crippen LogP contribution in [0, 0.1) is 13.8 Å². The van der Waals surface area contributed by atoms with Gasteiger partial charge in [0.2, 0.25) is 0 Å². The summed E-state index contributed by atoms with van der Waals surface area (Å²) in [5, 5.41) is 4.33. The van der Waals surface area contributed by atoms with Crippen molar-refractivity contribution in [3.63, 3.8) is 0 Å². The zero-order valence-corrected chi connectivity index (χ0v) is 20.4. The van der Waals surface area contributed by atoms with Crippen molar-refractivity contribution < 1.29 is 9.32 Å². The highest BCUT2D eigenvalue weighted by molar-refractivity contribution is 5.94. The Labute approximate surface area is 204 Å². The number of amides is 1. The minimum atomic E-state index is -0.457. The fourth-order valence-electron chi connectivity index (χ4n) is 4.32. The number of aromatic nitrogens is 3. The molecule has 0 aliphatic carbocycles. The average Bonchev–Trinajstić information content (AvgIpc) is 3.25. The van der Waals surface area contributed by atoms with Gasteiger partial charge in [-0.1, -0.05) is 60.1 Å². The molecular weight excluding hydrogens is 442 g/mol. The first-order chi connectivity index (χ1) is 16.9. The summed E-state index contributed by atoms with van der Waals surface area (Å²) in [7, 11) is 0. The van der Waals surface area contributed by atoms with Gasteiger partial charge in [-0.25, -0.2) is 0 Å². The molecule has 2 aromatic heterocycles. The predicted molar refractivity (Wildman–Crippen MR) is 135 cm³/mol. The number of aryl methyl sites for hydroxylation is 2. The largest absolute Gasteiger partial charge is 0.335 e. The summed E-state index contributed by atoms with van der Waals surface area (Å²) in [5.74, 6) is 0.349. The highest BCUT2D eigenvalue weighted by Crippen LogP contribution is 2.27. The summed E-state index contributed by atoms with van der Waals surface area (Å²) < 4.78 is 7.04. The summed E-state index contributed by atoms with van der Waals surface area (Å²) in [6.45, 7) is 6.90. The number of carbonyl (C=O) groups excluding carboxylic acids is 1. The molecule has 2 heterocycles. The molecule has 1 atom stereocenters. The van der Waals surface area contributed by atoms with E-state index < -0.39 is 6.04 Å². The van der Waals surface area contributed by atoms with Crippen LogP contribution < -0.4 is 11.3 Å². The van der Waals surface area contributed by atoms with Crippen LogP contribution in [0.25, 0.3) is 11.1 Å². The summed E-state index contributed by atoms with van der Waals surface area (Å²) in [6, 6.07) is 16.8. The Morgan fingerprint density at radius 3 is 2.49 bits per heavy atom. The number of carbonyl (C=O) groups is 1. The zero-order chi connectivity index (χ0) is 24.9. The van der Waals surface area contributed by atoms with Crippen LogP contribution in [-0.4, -0.2) is 38.6 Å². The Morgan fingerprint density at radius 2 is 1.83 bits per heavy atom. The number of benzene rings is 2. The smallest absolute Gasteiger partial charge is 0.267 e. The first-order valence-electron chi connectivity index (χ1n) is 11.9. The number of rotatable bonds is 9. The van der Waals surface area contributed by atoms with Gasteiger partial charge < -0.3 is 15.2 Å². The SMILES string of the molecule is CC[C@@H](c1nc2onc(C)c2c(=O)n1Cc1ccccc1)N(CCCN)C(=O)c1ccc(C)cc1. The van der Waals surface area contributed by atoms with E-state index in [1.54, 1.807) is 16.4 Å². The number of hydrogen-bond donors (Lipinski definition) is 1. The number of fused-ring (bicyclic) bond motifs is 1. The topological polar surface area (TPSA) is 107 Å². The average molecular weight is 474 g/mol. The lowest BCUT2D eigenvalue weighted by atomic mass is 10.1. The number of nitrogens with two attached hydrogens (primary N) is 1. The van der Waals surface area contributed by atoms with Crippen molar-refractivity contribution in [2.75, 3.05) is 13.1 Å². The quantitative estimate of drug-likeness (QED) is 0.394. The maximum Gasteiger partial charge on any atom is 0.267 e. The summed E-state index contributed by atoms with van der Waals surface area (Å²) in [5.41, 5.74) is 8.89. The molecule has 182 valence electrons. The first kappa shape index (κ1) is 24.3. The minimum Gasteiger partial charge on any atom is -0.335 e. The molecule has 0 spiro atoms. The van der Waals surface area contributed by atoms with E-state index in [4.69, 9.17) is 15.2 Å². The Bertz CT molecular complexity index is 1360. The molecule has 35 heavy (non-hydrogen) atoms. The van der Waals surface area contributed by atoms with Gasteiger partial charge in [-0.3, -0.25) is 14.2 Å². The van der Waals surface area contributed by atoms with E-state index in [0.29, 0.717) is 54.9 Å². The second-order valence-electron chi connectivity index (χ2n) is 8.73. The van der Waals surface area contributed by atoms with Gasteiger partial charge in [0.05, 0.1) is 18.3 Å². The molecule has 0 fully saturated rings. The van der Waals surface area contributed by atoms with Gasteiger partial charge >= 0.3 is 0 Å². The molecule has 0 aliphatic rings. The van der Waals surface area contributed by atoms with Gasteiger partial charge in [0.25, 0.3) is 17.2 Å². The fourth-order valence-corrected chi connectivity index (χ4v) is 4.32. The highest BCUT2D eigenvalue weighted by atomic mass is 16.5. The van der Waals surface area contributed by atoms with Gasteiger partial charge in [-0.05, 0) is 50.9 Å². The molecule has 2 N–H and O–H groups in total. The molecule has 8 heteroatoms. The number of nitrogens with zero attached hydrogens (tertiary/aromatic N) is 4. The first-order valence-corrected chi connectivity index (χ1v) is 11.9. The van der Waals surface area contributed by atoms with Crippen LogP contribution in [0.15, 0.2) is 63.9 Å². The van der Waals surface area contributed by atoms with E-state index in [9.17, 15) is 9.59 Å². The van der Waals surface area contributed by atoms with Crippen molar-refractivity contribution in [2.24, 2.45) is 5.73 Å². The van der Waals surface area contributed by atoms with Gasteiger partial charge in [-0.2, -0.15) is 4.98 Å². The molecule has 0 bridgehead atoms. The van der Waals surface area contributed by atoms with Crippen molar-refractivity contribution in [1.29, 1.82) is 0 Å². The highest BCUT2D eigenvalue weighted by Gasteiger charge is 2.30. The molecule has 0 unspecified atom stereocenters. The molecule has 2 aromatic carbocycles. The third-order valence-electron chi connectivity index (χ3n) is 6.20. The molecule has 4 aromatic rings. The van der Waals surface area contributed by atoms with Gasteiger partial charge in [0, 0.05) is 12.1 Å². The van der Waals surface area contributed by atoms with Gasteiger partial charge in [0.1, 0.15) is 11.2 Å². The molecule has 0 aliphatic heterocycles. The Kier molecular flexibility index (Phi) is 7.41. The van der Waals surface area contributed by atoms with Gasteiger partial charge in [0.15, 0.2) is 0 Å². The fraction of sp³-hybridized carbons (Fsp3) is 0.333. The van der Waals surface area contributed by atoms with E-state index in [1.165, 1.54) is 0 Å². The molecule has 0 saturated heterocycles. The van der Waals surface area contributed by atoms with Crippen molar-refractivity contribution in [1.82, 2.24) is 19.6 Å². The Balaban J connectivity index is 1.86. The van der Waals surface area contributed by atoms with Crippen LogP contribution in [0.3, 0.4) is 0 Å². The predicted octanol–water partition coefficient (Wildman–Crippen LogP) is 3.99. The Hall–Kier alpha value is -3.78. The molecular formula is C27H31N5O3. The van der Waals surface area contributed by atoms with Crippen molar-refractivity contribution in [3.05, 3.63) is 93.2 Å². The molecule has 1 amide bonds. The standard InChI is InChI=1S/C27H31N5O3/c1-4-22(31(16-8-15-28)26(33)21-13-11-18(2)12-14-21)24-29-25-23(19(3)30-35-25)27(34)32(24)17-20-9-6-5-7-10-20/h5-7,9-14,22H,4,8,15-17,28H2,1-3H3/t22-/m0/s1.